The Kier molecular flexibility index (Phi) is 10.5. The van der Waals surface area contributed by atoms with Crippen LogP contribution in [0.2, 0.25) is 0 Å². The molecule has 0 atom stereocenters. The van der Waals surface area contributed by atoms with Crippen molar-refractivity contribution in [3.05, 3.63) is 12.2 Å². The molecule has 10 heteroatoms. The minimum atomic E-state index is -0.828. The Balaban J connectivity index is 3.80. The highest BCUT2D eigenvalue weighted by Gasteiger charge is 2.03. The lowest BCUT2D eigenvalue weighted by Gasteiger charge is -2.06. The second-order valence-corrected chi connectivity index (χ2v) is 3.62. The second-order valence-electron chi connectivity index (χ2n) is 3.62. The summed E-state index contributed by atoms with van der Waals surface area (Å²) in [5.74, 6) is -1.66. The maximum Gasteiger partial charge on any atom is 0.332 e. The number of hydrogen-bond acceptors (Lipinski definition) is 6. The van der Waals surface area contributed by atoms with Crippen molar-refractivity contribution in [1.29, 1.82) is 0 Å². The Hall–Kier alpha value is -2.78. The van der Waals surface area contributed by atoms with E-state index in [0.717, 1.165) is 12.2 Å². The van der Waals surface area contributed by atoms with E-state index in [9.17, 15) is 19.2 Å². The lowest BCUT2D eigenvalue weighted by Crippen LogP contribution is -2.37. The van der Waals surface area contributed by atoms with Crippen LogP contribution in [0.4, 0.5) is 9.59 Å². The molecule has 0 saturated carbocycles. The summed E-state index contributed by atoms with van der Waals surface area (Å²) in [5.41, 5.74) is 0. The van der Waals surface area contributed by atoms with Gasteiger partial charge >= 0.3 is 24.0 Å². The van der Waals surface area contributed by atoms with Gasteiger partial charge in [0.15, 0.2) is 13.5 Å². The van der Waals surface area contributed by atoms with Gasteiger partial charge in [-0.3, -0.25) is 0 Å². The predicted octanol–water partition coefficient (Wildman–Crippen LogP) is -0.818. The van der Waals surface area contributed by atoms with Gasteiger partial charge in [-0.15, -0.1) is 0 Å². The molecule has 0 aliphatic carbocycles. The molecule has 0 aliphatic heterocycles. The fourth-order valence-corrected chi connectivity index (χ4v) is 1.02. The highest BCUT2D eigenvalue weighted by Crippen LogP contribution is 1.84. The molecule has 124 valence electrons. The molecular weight excluding hydrogens is 296 g/mol. The van der Waals surface area contributed by atoms with Gasteiger partial charge in [0.1, 0.15) is 0 Å². The summed E-state index contributed by atoms with van der Waals surface area (Å²) in [6.45, 7) is 3.69. The van der Waals surface area contributed by atoms with E-state index in [1.165, 1.54) is 0 Å². The van der Waals surface area contributed by atoms with Gasteiger partial charge in [0.25, 0.3) is 0 Å². The fraction of sp³-hybridized carbons (Fsp3) is 0.500. The average molecular weight is 316 g/mol. The predicted molar refractivity (Wildman–Crippen MR) is 75.5 cm³/mol. The zero-order valence-electron chi connectivity index (χ0n) is 12.4. The van der Waals surface area contributed by atoms with Crippen LogP contribution in [0.3, 0.4) is 0 Å². The number of urea groups is 2. The van der Waals surface area contributed by atoms with Crippen LogP contribution in [0.5, 0.6) is 0 Å². The van der Waals surface area contributed by atoms with E-state index in [4.69, 9.17) is 0 Å². The fourth-order valence-electron chi connectivity index (χ4n) is 1.02. The lowest BCUT2D eigenvalue weighted by atomic mass is 10.5. The van der Waals surface area contributed by atoms with E-state index in [2.05, 4.69) is 30.7 Å². The van der Waals surface area contributed by atoms with Gasteiger partial charge in [0.2, 0.25) is 0 Å². The maximum absolute atomic E-state index is 11.2. The first kappa shape index (κ1) is 19.2. The molecule has 0 unspecified atom stereocenters. The summed E-state index contributed by atoms with van der Waals surface area (Å²) in [7, 11) is 0. The molecule has 0 aromatic carbocycles. The van der Waals surface area contributed by atoms with Crippen LogP contribution in [0.15, 0.2) is 12.2 Å². The van der Waals surface area contributed by atoms with Crippen LogP contribution in [0.1, 0.15) is 13.8 Å². The molecule has 4 N–H and O–H groups in total. The zero-order valence-corrected chi connectivity index (χ0v) is 12.4. The van der Waals surface area contributed by atoms with E-state index < -0.39 is 24.0 Å². The van der Waals surface area contributed by atoms with Gasteiger partial charge in [-0.05, 0) is 13.8 Å². The molecule has 0 aliphatic rings. The molecule has 0 rings (SSSR count). The number of hydrogen-bond donors (Lipinski definition) is 4. The maximum atomic E-state index is 11.2. The van der Waals surface area contributed by atoms with Crippen LogP contribution in [0.25, 0.3) is 0 Å². The van der Waals surface area contributed by atoms with Crippen LogP contribution in [0, 0.1) is 0 Å². The Morgan fingerprint density at radius 3 is 1.41 bits per heavy atom. The van der Waals surface area contributed by atoms with E-state index in [1.807, 2.05) is 0 Å². The third-order valence-electron chi connectivity index (χ3n) is 1.92. The van der Waals surface area contributed by atoms with E-state index in [-0.39, 0.29) is 13.5 Å². The van der Waals surface area contributed by atoms with Crippen LogP contribution in [-0.2, 0) is 19.1 Å². The normalized spacial score (nSPS) is 9.73. The Morgan fingerprint density at radius 1 is 0.727 bits per heavy atom. The van der Waals surface area contributed by atoms with E-state index in [1.54, 1.807) is 13.8 Å². The van der Waals surface area contributed by atoms with Gasteiger partial charge in [0, 0.05) is 25.2 Å². The average Bonchev–Trinajstić information content (AvgIpc) is 2.45. The quantitative estimate of drug-likeness (QED) is 0.262. The molecule has 0 aromatic heterocycles. The van der Waals surface area contributed by atoms with Crippen molar-refractivity contribution in [3.63, 3.8) is 0 Å². The van der Waals surface area contributed by atoms with Crippen molar-refractivity contribution in [3.8, 4) is 0 Å². The van der Waals surface area contributed by atoms with Crippen LogP contribution in [-0.4, -0.2) is 50.6 Å². The summed E-state index contributed by atoms with van der Waals surface area (Å²) in [4.78, 5) is 44.3. The summed E-state index contributed by atoms with van der Waals surface area (Å²) in [6, 6.07) is -0.953. The molecule has 10 nitrogen and oxygen atoms in total. The second kappa shape index (κ2) is 12.0. The van der Waals surface area contributed by atoms with Gasteiger partial charge in [-0.1, -0.05) is 0 Å². The molecule has 0 radical (unpaired) electrons. The van der Waals surface area contributed by atoms with Crippen molar-refractivity contribution in [2.75, 3.05) is 26.6 Å². The summed E-state index contributed by atoms with van der Waals surface area (Å²) in [6.07, 6.45) is 1.68. The minimum absolute atomic E-state index is 0.331. The largest absolute Gasteiger partial charge is 0.441 e. The zero-order chi connectivity index (χ0) is 16.8. The summed E-state index contributed by atoms with van der Waals surface area (Å²) >= 11 is 0. The van der Waals surface area contributed by atoms with Gasteiger partial charge in [-0.2, -0.15) is 0 Å². The number of amides is 4. The van der Waals surface area contributed by atoms with Crippen molar-refractivity contribution in [2.24, 2.45) is 0 Å². The van der Waals surface area contributed by atoms with Gasteiger partial charge < -0.3 is 30.7 Å². The third-order valence-corrected chi connectivity index (χ3v) is 1.92. The number of rotatable bonds is 8. The molecule has 22 heavy (non-hydrogen) atoms. The first-order chi connectivity index (χ1) is 10.5. The molecule has 4 amide bonds. The molecule has 0 heterocycles. The van der Waals surface area contributed by atoms with Crippen molar-refractivity contribution < 1.29 is 28.7 Å². The van der Waals surface area contributed by atoms with E-state index >= 15 is 0 Å². The third kappa shape index (κ3) is 11.1. The number of nitrogens with one attached hydrogen (secondary N) is 4. The minimum Gasteiger partial charge on any atom is -0.441 e. The number of carbonyl (C=O) groups is 4. The molecule has 0 aromatic rings. The van der Waals surface area contributed by atoms with Gasteiger partial charge in [-0.25, -0.2) is 19.2 Å². The molecule has 0 spiro atoms. The molecule has 0 fully saturated rings. The van der Waals surface area contributed by atoms with Crippen molar-refractivity contribution >= 4 is 24.0 Å². The smallest absolute Gasteiger partial charge is 0.332 e. The highest BCUT2D eigenvalue weighted by atomic mass is 16.5. The molecule has 0 bridgehead atoms. The summed E-state index contributed by atoms with van der Waals surface area (Å²) in [5, 5.41) is 9.40. The number of ether oxygens (including phenoxy) is 2. The Labute approximate surface area is 127 Å². The topological polar surface area (TPSA) is 135 Å². The Bertz CT molecular complexity index is 386. The first-order valence-corrected chi connectivity index (χ1v) is 6.54. The van der Waals surface area contributed by atoms with Crippen molar-refractivity contribution in [1.82, 2.24) is 21.3 Å². The van der Waals surface area contributed by atoms with Crippen LogP contribution >= 0.6 is 0 Å². The monoisotopic (exact) mass is 316 g/mol. The van der Waals surface area contributed by atoms with Crippen LogP contribution < -0.4 is 21.3 Å². The SMILES string of the molecule is CCNC(=O)NCOC(=O)/C=C/C(=O)OCNC(=O)NCC. The van der Waals surface area contributed by atoms with Gasteiger partial charge in [0.05, 0.1) is 0 Å². The van der Waals surface area contributed by atoms with E-state index in [0.29, 0.717) is 13.1 Å². The Morgan fingerprint density at radius 2 is 1.09 bits per heavy atom. The number of esters is 2. The van der Waals surface area contributed by atoms with Crippen molar-refractivity contribution in [2.45, 2.75) is 13.8 Å². The molecular formula is C12H20N4O6. The summed E-state index contributed by atoms with van der Waals surface area (Å²) < 4.78 is 9.20. The highest BCUT2D eigenvalue weighted by molar-refractivity contribution is 5.91. The first-order valence-electron chi connectivity index (χ1n) is 6.54. The number of carbonyl (C=O) groups excluding carboxylic acids is 4. The lowest BCUT2D eigenvalue weighted by molar-refractivity contribution is -0.140. The molecule has 0 saturated heterocycles. The standard InChI is InChI=1S/C12H20N4O6/c1-3-13-11(19)15-7-21-9(17)5-6-10(18)22-8-16-12(20)14-4-2/h5-6H,3-4,7-8H2,1-2H3,(H2,13,15,19)(H2,14,16,20)/b6-5+.